The summed E-state index contributed by atoms with van der Waals surface area (Å²) in [4.78, 5) is 15.3. The molecule has 1 rings (SSSR count). The molecule has 0 aromatic carbocycles. The van der Waals surface area contributed by atoms with E-state index in [9.17, 15) is 4.79 Å². The van der Waals surface area contributed by atoms with Gasteiger partial charge in [-0.3, -0.25) is 0 Å². The van der Waals surface area contributed by atoms with Gasteiger partial charge < -0.3 is 14.6 Å². The molecular formula is C13H19NO4. The summed E-state index contributed by atoms with van der Waals surface area (Å²) in [6, 6.07) is 3.00. The molecule has 1 aromatic heterocycles. The molecule has 0 fully saturated rings. The summed E-state index contributed by atoms with van der Waals surface area (Å²) in [5.74, 6) is -0.518. The number of carboxylic acid groups (broad SMARTS) is 1. The highest BCUT2D eigenvalue weighted by atomic mass is 16.5. The van der Waals surface area contributed by atoms with Crippen molar-refractivity contribution in [3.8, 4) is 5.88 Å². The van der Waals surface area contributed by atoms with Crippen LogP contribution in [0.1, 0.15) is 42.7 Å². The molecule has 0 aliphatic heterocycles. The Bertz CT molecular complexity index is 417. The minimum atomic E-state index is -0.983. The van der Waals surface area contributed by atoms with E-state index in [0.29, 0.717) is 18.2 Å². The summed E-state index contributed by atoms with van der Waals surface area (Å²) in [6.07, 6.45) is -0.174. The Balaban J connectivity index is 2.99. The topological polar surface area (TPSA) is 68.7 Å². The van der Waals surface area contributed by atoms with Gasteiger partial charge in [0.05, 0.1) is 12.2 Å². The van der Waals surface area contributed by atoms with Crippen LogP contribution in [0.25, 0.3) is 0 Å². The monoisotopic (exact) mass is 253 g/mol. The van der Waals surface area contributed by atoms with E-state index in [1.807, 2.05) is 20.8 Å². The van der Waals surface area contributed by atoms with Gasteiger partial charge in [-0.15, -0.1) is 0 Å². The molecule has 100 valence electrons. The van der Waals surface area contributed by atoms with E-state index in [2.05, 4.69) is 4.98 Å². The lowest BCUT2D eigenvalue weighted by Gasteiger charge is -2.15. The number of methoxy groups -OCH3 is 1. The van der Waals surface area contributed by atoms with Gasteiger partial charge in [0.25, 0.3) is 0 Å². The number of hydrogen-bond acceptors (Lipinski definition) is 4. The average Bonchev–Trinajstić information content (AvgIpc) is 2.28. The molecule has 0 aliphatic carbocycles. The molecule has 0 spiro atoms. The van der Waals surface area contributed by atoms with Gasteiger partial charge in [0.15, 0.2) is 0 Å². The van der Waals surface area contributed by atoms with Gasteiger partial charge in [0, 0.05) is 18.9 Å². The van der Waals surface area contributed by atoms with Crippen molar-refractivity contribution in [1.82, 2.24) is 4.98 Å². The Hall–Kier alpha value is -1.62. The molecule has 1 unspecified atom stereocenters. The molecule has 1 N–H and O–H groups in total. The Kier molecular flexibility index (Phi) is 5.09. The van der Waals surface area contributed by atoms with E-state index in [1.54, 1.807) is 13.2 Å². The summed E-state index contributed by atoms with van der Waals surface area (Å²) < 4.78 is 10.5. The van der Waals surface area contributed by atoms with E-state index in [4.69, 9.17) is 14.6 Å². The van der Waals surface area contributed by atoms with E-state index in [-0.39, 0.29) is 17.6 Å². The van der Waals surface area contributed by atoms with Crippen LogP contribution in [-0.4, -0.2) is 35.9 Å². The van der Waals surface area contributed by atoms with Crippen molar-refractivity contribution in [3.63, 3.8) is 0 Å². The van der Waals surface area contributed by atoms with Crippen LogP contribution in [0.4, 0.5) is 0 Å². The molecule has 0 saturated heterocycles. The van der Waals surface area contributed by atoms with Gasteiger partial charge in [-0.25, -0.2) is 9.78 Å². The maximum absolute atomic E-state index is 11.0. The van der Waals surface area contributed by atoms with Crippen molar-refractivity contribution in [1.29, 1.82) is 0 Å². The van der Waals surface area contributed by atoms with Crippen LogP contribution in [-0.2, 0) is 4.74 Å². The molecular weight excluding hydrogens is 234 g/mol. The zero-order valence-corrected chi connectivity index (χ0v) is 11.1. The second-order valence-electron chi connectivity index (χ2n) is 4.46. The fourth-order valence-electron chi connectivity index (χ4n) is 1.48. The number of pyridine rings is 1. The summed E-state index contributed by atoms with van der Waals surface area (Å²) in [5.41, 5.74) is 0.892. The van der Waals surface area contributed by atoms with E-state index in [1.165, 1.54) is 6.07 Å². The zero-order chi connectivity index (χ0) is 13.7. The highest BCUT2D eigenvalue weighted by Crippen LogP contribution is 2.20. The average molecular weight is 253 g/mol. The fourth-order valence-corrected chi connectivity index (χ4v) is 1.48. The first-order chi connectivity index (χ1) is 8.43. The Morgan fingerprint density at radius 3 is 2.56 bits per heavy atom. The minimum absolute atomic E-state index is 0.143. The lowest BCUT2D eigenvalue weighted by atomic mass is 10.1. The predicted octanol–water partition coefficient (Wildman–Crippen LogP) is 2.32. The Labute approximate surface area is 107 Å². The van der Waals surface area contributed by atoms with Gasteiger partial charge in [0.2, 0.25) is 5.88 Å². The van der Waals surface area contributed by atoms with Gasteiger partial charge in [0.1, 0.15) is 6.10 Å². The first kappa shape index (κ1) is 14.4. The van der Waals surface area contributed by atoms with Crippen molar-refractivity contribution in [3.05, 3.63) is 23.4 Å². The first-order valence-electron chi connectivity index (χ1n) is 5.85. The smallest absolute Gasteiger partial charge is 0.335 e. The first-order valence-corrected chi connectivity index (χ1v) is 5.85. The van der Waals surface area contributed by atoms with Crippen molar-refractivity contribution in [2.75, 3.05) is 13.7 Å². The number of hydrogen-bond donors (Lipinski definition) is 1. The van der Waals surface area contributed by atoms with Crippen LogP contribution >= 0.6 is 0 Å². The third kappa shape index (κ3) is 4.00. The highest BCUT2D eigenvalue weighted by Gasteiger charge is 2.13. The van der Waals surface area contributed by atoms with Gasteiger partial charge in [-0.2, -0.15) is 0 Å². The van der Waals surface area contributed by atoms with Gasteiger partial charge in [-0.05, 0) is 18.9 Å². The lowest BCUT2D eigenvalue weighted by molar-refractivity contribution is 0.0693. The largest absolute Gasteiger partial charge is 0.478 e. The molecule has 1 atom stereocenters. The van der Waals surface area contributed by atoms with E-state index >= 15 is 0 Å². The second kappa shape index (κ2) is 6.35. The molecule has 0 radical (unpaired) electrons. The quantitative estimate of drug-likeness (QED) is 0.842. The summed E-state index contributed by atoms with van der Waals surface area (Å²) >= 11 is 0. The Morgan fingerprint density at radius 1 is 1.39 bits per heavy atom. The number of aromatic carboxylic acids is 1. The molecule has 0 amide bonds. The van der Waals surface area contributed by atoms with Crippen LogP contribution in [0.5, 0.6) is 5.88 Å². The molecule has 5 heteroatoms. The SMILES string of the molecule is COCC(C)Oc1cc(C(=O)O)cc(C(C)C)n1. The third-order valence-corrected chi connectivity index (χ3v) is 2.38. The normalized spacial score (nSPS) is 12.5. The van der Waals surface area contributed by atoms with Crippen LogP contribution < -0.4 is 4.74 Å². The van der Waals surface area contributed by atoms with Gasteiger partial charge >= 0.3 is 5.97 Å². The molecule has 0 saturated carbocycles. The molecule has 0 bridgehead atoms. The zero-order valence-electron chi connectivity index (χ0n) is 11.1. The maximum Gasteiger partial charge on any atom is 0.335 e. The van der Waals surface area contributed by atoms with Crippen molar-refractivity contribution >= 4 is 5.97 Å². The maximum atomic E-state index is 11.0. The van der Waals surface area contributed by atoms with Crippen molar-refractivity contribution in [2.24, 2.45) is 0 Å². The van der Waals surface area contributed by atoms with Crippen molar-refractivity contribution in [2.45, 2.75) is 32.8 Å². The summed E-state index contributed by atoms with van der Waals surface area (Å²) in [7, 11) is 1.58. The van der Waals surface area contributed by atoms with E-state index in [0.717, 1.165) is 0 Å². The lowest BCUT2D eigenvalue weighted by Crippen LogP contribution is -2.19. The highest BCUT2D eigenvalue weighted by molar-refractivity contribution is 5.88. The van der Waals surface area contributed by atoms with Crippen LogP contribution in [0.3, 0.4) is 0 Å². The van der Waals surface area contributed by atoms with Crippen molar-refractivity contribution < 1.29 is 19.4 Å². The summed E-state index contributed by atoms with van der Waals surface area (Å²) in [6.45, 7) is 6.18. The van der Waals surface area contributed by atoms with Crippen LogP contribution in [0.15, 0.2) is 12.1 Å². The van der Waals surface area contributed by atoms with Gasteiger partial charge in [-0.1, -0.05) is 13.8 Å². The second-order valence-corrected chi connectivity index (χ2v) is 4.46. The molecule has 5 nitrogen and oxygen atoms in total. The number of aromatic nitrogens is 1. The fraction of sp³-hybridized carbons (Fsp3) is 0.538. The number of nitrogens with zero attached hydrogens (tertiary/aromatic N) is 1. The minimum Gasteiger partial charge on any atom is -0.478 e. The standard InChI is InChI=1S/C13H19NO4/c1-8(2)11-5-10(13(15)16)6-12(14-11)18-9(3)7-17-4/h5-6,8-9H,7H2,1-4H3,(H,15,16). The number of rotatable bonds is 6. The number of carboxylic acids is 1. The summed E-state index contributed by atoms with van der Waals surface area (Å²) in [5, 5.41) is 9.04. The van der Waals surface area contributed by atoms with Crippen LogP contribution in [0, 0.1) is 0 Å². The number of ether oxygens (including phenoxy) is 2. The van der Waals surface area contributed by atoms with E-state index < -0.39 is 5.97 Å². The molecule has 1 aromatic rings. The van der Waals surface area contributed by atoms with Crippen LogP contribution in [0.2, 0.25) is 0 Å². The molecule has 0 aliphatic rings. The molecule has 18 heavy (non-hydrogen) atoms. The number of carbonyl (C=O) groups is 1. The Morgan fingerprint density at radius 2 is 2.06 bits per heavy atom. The molecule has 1 heterocycles. The predicted molar refractivity (Wildman–Crippen MR) is 67.3 cm³/mol. The third-order valence-electron chi connectivity index (χ3n) is 2.38.